The van der Waals surface area contributed by atoms with Crippen LogP contribution in [0.3, 0.4) is 0 Å². The van der Waals surface area contributed by atoms with Gasteiger partial charge in [-0.05, 0) is 112 Å². The molecule has 0 aliphatic carbocycles. The first-order valence-corrected chi connectivity index (χ1v) is 11.4. The van der Waals surface area contributed by atoms with Gasteiger partial charge >= 0.3 is 0 Å². The Hall–Kier alpha value is -1.14. The van der Waals surface area contributed by atoms with Crippen molar-refractivity contribution in [3.8, 4) is 5.75 Å². The zero-order valence-electron chi connectivity index (χ0n) is 15.0. The SMILES string of the molecule is CC(C)N1C(=O)S/C(=C\c2cc(I)c(OCc3ccc(F)cc3)c(I)c2)C1=O. The van der Waals surface area contributed by atoms with Gasteiger partial charge in [0.15, 0.2) is 0 Å². The summed E-state index contributed by atoms with van der Waals surface area (Å²) < 4.78 is 20.7. The molecule has 0 radical (unpaired) electrons. The lowest BCUT2D eigenvalue weighted by atomic mass is 10.2. The number of imide groups is 1. The van der Waals surface area contributed by atoms with Crippen LogP contribution in [-0.4, -0.2) is 22.1 Å². The van der Waals surface area contributed by atoms with Crippen LogP contribution in [0.4, 0.5) is 9.18 Å². The van der Waals surface area contributed by atoms with Crippen LogP contribution in [0.5, 0.6) is 5.75 Å². The Balaban J connectivity index is 1.79. The second kappa shape index (κ2) is 9.12. The number of carbonyl (C=O) groups excluding carboxylic acids is 2. The second-order valence-corrected chi connectivity index (χ2v) is 9.69. The highest BCUT2D eigenvalue weighted by Crippen LogP contribution is 2.35. The molecule has 28 heavy (non-hydrogen) atoms. The van der Waals surface area contributed by atoms with Crippen LogP contribution in [0.2, 0.25) is 0 Å². The maximum absolute atomic E-state index is 13.0. The van der Waals surface area contributed by atoms with Crippen molar-refractivity contribution < 1.29 is 18.7 Å². The Morgan fingerprint density at radius 3 is 2.29 bits per heavy atom. The van der Waals surface area contributed by atoms with E-state index in [-0.39, 0.29) is 23.0 Å². The molecule has 0 aromatic heterocycles. The van der Waals surface area contributed by atoms with Gasteiger partial charge in [-0.15, -0.1) is 0 Å². The highest BCUT2D eigenvalue weighted by molar-refractivity contribution is 14.1. The van der Waals surface area contributed by atoms with E-state index < -0.39 is 0 Å². The maximum Gasteiger partial charge on any atom is 0.293 e. The normalized spacial score (nSPS) is 15.8. The van der Waals surface area contributed by atoms with E-state index in [2.05, 4.69) is 45.2 Å². The molecule has 1 aliphatic heterocycles. The molecule has 2 aromatic rings. The highest BCUT2D eigenvalue weighted by atomic mass is 127. The minimum absolute atomic E-state index is 0.166. The summed E-state index contributed by atoms with van der Waals surface area (Å²) in [5.74, 6) is 0.198. The number of amides is 2. The summed E-state index contributed by atoms with van der Waals surface area (Å²) in [6.45, 7) is 3.97. The molecular weight excluding hydrogens is 607 g/mol. The topological polar surface area (TPSA) is 46.6 Å². The minimum atomic E-state index is -0.279. The van der Waals surface area contributed by atoms with Gasteiger partial charge in [-0.1, -0.05) is 12.1 Å². The Morgan fingerprint density at radius 1 is 1.14 bits per heavy atom. The van der Waals surface area contributed by atoms with Gasteiger partial charge in [-0.3, -0.25) is 14.5 Å². The van der Waals surface area contributed by atoms with Crippen LogP contribution in [-0.2, 0) is 11.4 Å². The predicted octanol–water partition coefficient (Wildman–Crippen LogP) is 6.06. The molecule has 146 valence electrons. The van der Waals surface area contributed by atoms with Crippen LogP contribution in [0.25, 0.3) is 6.08 Å². The molecule has 1 fully saturated rings. The molecule has 2 aromatic carbocycles. The fourth-order valence-electron chi connectivity index (χ4n) is 2.61. The van der Waals surface area contributed by atoms with Crippen LogP contribution >= 0.6 is 56.9 Å². The molecule has 2 amide bonds. The van der Waals surface area contributed by atoms with Crippen molar-refractivity contribution in [3.63, 3.8) is 0 Å². The summed E-state index contributed by atoms with van der Waals surface area (Å²) in [5, 5.41) is -0.241. The van der Waals surface area contributed by atoms with E-state index in [1.807, 2.05) is 26.0 Å². The van der Waals surface area contributed by atoms with Gasteiger partial charge in [0.25, 0.3) is 11.1 Å². The van der Waals surface area contributed by atoms with E-state index in [1.165, 1.54) is 17.0 Å². The molecule has 0 N–H and O–H groups in total. The molecular formula is C20H16FI2NO3S. The minimum Gasteiger partial charge on any atom is -0.487 e. The van der Waals surface area contributed by atoms with Gasteiger partial charge in [0, 0.05) is 6.04 Å². The lowest BCUT2D eigenvalue weighted by Gasteiger charge is -2.16. The van der Waals surface area contributed by atoms with Crippen molar-refractivity contribution in [2.75, 3.05) is 0 Å². The van der Waals surface area contributed by atoms with Crippen molar-refractivity contribution in [3.05, 3.63) is 65.4 Å². The van der Waals surface area contributed by atoms with Gasteiger partial charge < -0.3 is 4.74 Å². The van der Waals surface area contributed by atoms with Crippen molar-refractivity contribution in [1.82, 2.24) is 4.90 Å². The summed E-state index contributed by atoms with van der Waals surface area (Å²) in [7, 11) is 0. The fourth-order valence-corrected chi connectivity index (χ4v) is 5.70. The van der Waals surface area contributed by atoms with Gasteiger partial charge in [0.05, 0.1) is 12.0 Å². The number of thioether (sulfide) groups is 1. The molecule has 0 bridgehead atoms. The van der Waals surface area contributed by atoms with Crippen molar-refractivity contribution in [2.24, 2.45) is 0 Å². The second-order valence-electron chi connectivity index (χ2n) is 6.37. The Morgan fingerprint density at radius 2 is 1.75 bits per heavy atom. The van der Waals surface area contributed by atoms with E-state index >= 15 is 0 Å². The number of hydrogen-bond donors (Lipinski definition) is 0. The lowest BCUT2D eigenvalue weighted by molar-refractivity contribution is -0.123. The van der Waals surface area contributed by atoms with Crippen LogP contribution < -0.4 is 4.74 Å². The molecule has 0 unspecified atom stereocenters. The Kier molecular flexibility index (Phi) is 7.02. The molecule has 4 nitrogen and oxygen atoms in total. The number of halogens is 3. The largest absolute Gasteiger partial charge is 0.487 e. The highest BCUT2D eigenvalue weighted by Gasteiger charge is 2.36. The average molecular weight is 623 g/mol. The van der Waals surface area contributed by atoms with E-state index in [4.69, 9.17) is 4.74 Å². The predicted molar refractivity (Wildman–Crippen MR) is 126 cm³/mol. The van der Waals surface area contributed by atoms with Gasteiger partial charge in [-0.2, -0.15) is 0 Å². The van der Waals surface area contributed by atoms with Crippen molar-refractivity contribution in [2.45, 2.75) is 26.5 Å². The Bertz CT molecular complexity index is 937. The number of rotatable bonds is 5. The van der Waals surface area contributed by atoms with Gasteiger partial charge in [0.2, 0.25) is 0 Å². The number of nitrogens with zero attached hydrogens (tertiary/aromatic N) is 1. The zero-order chi connectivity index (χ0) is 20.4. The van der Waals surface area contributed by atoms with Gasteiger partial charge in [0.1, 0.15) is 18.2 Å². The smallest absolute Gasteiger partial charge is 0.293 e. The van der Waals surface area contributed by atoms with Crippen molar-refractivity contribution >= 4 is 74.2 Å². The van der Waals surface area contributed by atoms with Crippen LogP contribution in [0.1, 0.15) is 25.0 Å². The number of carbonyl (C=O) groups is 2. The molecule has 1 saturated heterocycles. The van der Waals surface area contributed by atoms with E-state index in [0.29, 0.717) is 11.5 Å². The third kappa shape index (κ3) is 4.88. The van der Waals surface area contributed by atoms with Crippen LogP contribution in [0.15, 0.2) is 41.3 Å². The average Bonchev–Trinajstić information content (AvgIpc) is 2.89. The number of ether oxygens (including phenoxy) is 1. The maximum atomic E-state index is 13.0. The third-order valence-electron chi connectivity index (χ3n) is 3.95. The van der Waals surface area contributed by atoms with E-state index in [0.717, 1.165) is 35.8 Å². The Labute approximate surface area is 194 Å². The number of hydrogen-bond acceptors (Lipinski definition) is 4. The molecule has 0 saturated carbocycles. The van der Waals surface area contributed by atoms with Crippen LogP contribution in [0, 0.1) is 13.0 Å². The summed E-state index contributed by atoms with van der Waals surface area (Å²) in [5.41, 5.74) is 1.71. The molecule has 8 heteroatoms. The molecule has 1 aliphatic rings. The number of benzene rings is 2. The molecule has 0 atom stereocenters. The zero-order valence-corrected chi connectivity index (χ0v) is 20.2. The van der Waals surface area contributed by atoms with Crippen molar-refractivity contribution in [1.29, 1.82) is 0 Å². The van der Waals surface area contributed by atoms with E-state index in [9.17, 15) is 14.0 Å². The third-order valence-corrected chi connectivity index (χ3v) is 6.44. The summed E-state index contributed by atoms with van der Waals surface area (Å²) in [4.78, 5) is 26.2. The quantitative estimate of drug-likeness (QED) is 0.301. The summed E-state index contributed by atoms with van der Waals surface area (Å²) in [6, 6.07) is 9.84. The first kappa shape index (κ1) is 21.6. The molecule has 1 heterocycles. The van der Waals surface area contributed by atoms with E-state index in [1.54, 1.807) is 18.2 Å². The molecule has 0 spiro atoms. The molecule has 3 rings (SSSR count). The summed E-state index contributed by atoms with van der Waals surface area (Å²) >= 11 is 5.33. The standard InChI is InChI=1S/C20H16FI2NO3S/c1-11(2)24-19(25)17(28-20(24)26)9-13-7-15(22)18(16(23)8-13)27-10-12-3-5-14(21)6-4-12/h3-9,11H,10H2,1-2H3/b17-9-. The monoisotopic (exact) mass is 623 g/mol. The van der Waals surface area contributed by atoms with Gasteiger partial charge in [-0.25, -0.2) is 4.39 Å². The lowest BCUT2D eigenvalue weighted by Crippen LogP contribution is -2.34. The first-order chi connectivity index (χ1) is 13.3. The fraction of sp³-hybridized carbons (Fsp3) is 0.200. The first-order valence-electron chi connectivity index (χ1n) is 8.39. The summed E-state index contributed by atoms with van der Waals surface area (Å²) in [6.07, 6.45) is 1.74.